The summed E-state index contributed by atoms with van der Waals surface area (Å²) in [5.41, 5.74) is -0.773. The lowest BCUT2D eigenvalue weighted by atomic mass is 9.94. The Morgan fingerprint density at radius 1 is 1.33 bits per heavy atom. The number of hydrogen-bond acceptors (Lipinski definition) is 5. The Morgan fingerprint density at radius 2 is 2.05 bits per heavy atom. The highest BCUT2D eigenvalue weighted by atomic mass is 19.1. The van der Waals surface area contributed by atoms with Crippen LogP contribution in [0.3, 0.4) is 0 Å². The van der Waals surface area contributed by atoms with Crippen LogP contribution >= 0.6 is 0 Å². The third kappa shape index (κ3) is 5.24. The van der Waals surface area contributed by atoms with Gasteiger partial charge in [0.15, 0.2) is 11.6 Å². The van der Waals surface area contributed by atoms with E-state index in [1.165, 1.54) is 12.1 Å². The smallest absolute Gasteiger partial charge is 0.165 e. The molecule has 0 aromatic heterocycles. The molecule has 21 heavy (non-hydrogen) atoms. The zero-order chi connectivity index (χ0) is 15.1. The van der Waals surface area contributed by atoms with Gasteiger partial charge in [-0.2, -0.15) is 0 Å². The molecule has 1 saturated heterocycles. The number of aliphatic hydroxyl groups is 2. The zero-order valence-corrected chi connectivity index (χ0v) is 11.9. The van der Waals surface area contributed by atoms with E-state index in [1.807, 2.05) is 0 Å². The van der Waals surface area contributed by atoms with Crippen molar-refractivity contribution < 1.29 is 24.1 Å². The van der Waals surface area contributed by atoms with E-state index in [4.69, 9.17) is 9.47 Å². The van der Waals surface area contributed by atoms with Crippen LogP contribution in [0.25, 0.3) is 0 Å². The standard InChI is InChI=1S/C15H22FNO4/c16-13-3-1-2-4-14(13)21-10-12(18)9-17-11-15(19)5-7-20-8-6-15/h1-4,12,17-19H,5-11H2. The molecule has 1 aliphatic rings. The molecule has 0 radical (unpaired) electrons. The molecule has 1 unspecified atom stereocenters. The Labute approximate surface area is 123 Å². The van der Waals surface area contributed by atoms with Crippen LogP contribution in [0.2, 0.25) is 0 Å². The normalized spacial score (nSPS) is 19.2. The van der Waals surface area contributed by atoms with E-state index in [2.05, 4.69) is 5.32 Å². The summed E-state index contributed by atoms with van der Waals surface area (Å²) in [5.74, 6) is -0.325. The average Bonchev–Trinajstić information content (AvgIpc) is 2.47. The predicted octanol–water partition coefficient (Wildman–Crippen LogP) is 0.696. The number of nitrogens with one attached hydrogen (secondary N) is 1. The van der Waals surface area contributed by atoms with E-state index < -0.39 is 17.5 Å². The lowest BCUT2D eigenvalue weighted by Crippen LogP contribution is -2.47. The van der Waals surface area contributed by atoms with Crippen molar-refractivity contribution in [1.82, 2.24) is 5.32 Å². The first-order valence-corrected chi connectivity index (χ1v) is 7.15. The van der Waals surface area contributed by atoms with E-state index in [9.17, 15) is 14.6 Å². The van der Waals surface area contributed by atoms with Gasteiger partial charge in [-0.3, -0.25) is 0 Å². The maximum Gasteiger partial charge on any atom is 0.165 e. The van der Waals surface area contributed by atoms with E-state index in [1.54, 1.807) is 12.1 Å². The molecule has 0 aliphatic carbocycles. The summed E-state index contributed by atoms with van der Waals surface area (Å²) in [6.07, 6.45) is 0.400. The summed E-state index contributed by atoms with van der Waals surface area (Å²) < 4.78 is 23.7. The maximum atomic E-state index is 13.3. The van der Waals surface area contributed by atoms with Gasteiger partial charge in [-0.25, -0.2) is 4.39 Å². The number of benzene rings is 1. The molecule has 2 rings (SSSR count). The summed E-state index contributed by atoms with van der Waals surface area (Å²) in [4.78, 5) is 0. The van der Waals surface area contributed by atoms with Crippen molar-refractivity contribution >= 4 is 0 Å². The summed E-state index contributed by atoms with van der Waals surface area (Å²) in [7, 11) is 0. The average molecular weight is 299 g/mol. The topological polar surface area (TPSA) is 71.0 Å². The van der Waals surface area contributed by atoms with Gasteiger partial charge < -0.3 is 25.0 Å². The quantitative estimate of drug-likeness (QED) is 0.691. The van der Waals surface area contributed by atoms with Crippen molar-refractivity contribution in [2.24, 2.45) is 0 Å². The van der Waals surface area contributed by atoms with Crippen molar-refractivity contribution in [3.05, 3.63) is 30.1 Å². The first-order chi connectivity index (χ1) is 10.1. The minimum Gasteiger partial charge on any atom is -0.488 e. The molecular formula is C15H22FNO4. The highest BCUT2D eigenvalue weighted by Crippen LogP contribution is 2.19. The molecular weight excluding hydrogens is 277 g/mol. The number of para-hydroxylation sites is 1. The second kappa shape index (κ2) is 7.70. The van der Waals surface area contributed by atoms with Gasteiger partial charge in [-0.15, -0.1) is 0 Å². The number of ether oxygens (including phenoxy) is 2. The number of aliphatic hydroxyl groups excluding tert-OH is 1. The van der Waals surface area contributed by atoms with E-state index in [0.717, 1.165) is 0 Å². The number of rotatable bonds is 7. The second-order valence-electron chi connectivity index (χ2n) is 5.36. The molecule has 118 valence electrons. The van der Waals surface area contributed by atoms with Gasteiger partial charge >= 0.3 is 0 Å². The summed E-state index contributed by atoms with van der Waals surface area (Å²) in [6.45, 7) is 1.77. The molecule has 5 nitrogen and oxygen atoms in total. The lowest BCUT2D eigenvalue weighted by Gasteiger charge is -2.32. The van der Waals surface area contributed by atoms with Gasteiger partial charge in [0.2, 0.25) is 0 Å². The van der Waals surface area contributed by atoms with Crippen molar-refractivity contribution in [2.75, 3.05) is 32.9 Å². The third-order valence-electron chi connectivity index (χ3n) is 3.53. The summed E-state index contributed by atoms with van der Waals surface area (Å²) in [5, 5.41) is 23.0. The fraction of sp³-hybridized carbons (Fsp3) is 0.600. The maximum absolute atomic E-state index is 13.3. The monoisotopic (exact) mass is 299 g/mol. The number of hydrogen-bond donors (Lipinski definition) is 3. The van der Waals surface area contributed by atoms with Crippen LogP contribution in [0.5, 0.6) is 5.75 Å². The van der Waals surface area contributed by atoms with Crippen molar-refractivity contribution in [1.29, 1.82) is 0 Å². The molecule has 0 bridgehead atoms. The molecule has 0 spiro atoms. The largest absolute Gasteiger partial charge is 0.488 e. The minimum atomic E-state index is -0.773. The van der Waals surface area contributed by atoms with E-state index >= 15 is 0 Å². The van der Waals surface area contributed by atoms with Gasteiger partial charge in [0, 0.05) is 39.1 Å². The van der Waals surface area contributed by atoms with Gasteiger partial charge in [0.05, 0.1) is 5.60 Å². The second-order valence-corrected chi connectivity index (χ2v) is 5.36. The molecule has 1 aliphatic heterocycles. The predicted molar refractivity (Wildman–Crippen MR) is 75.8 cm³/mol. The summed E-state index contributed by atoms with van der Waals surface area (Å²) in [6, 6.07) is 6.07. The molecule has 0 saturated carbocycles. The van der Waals surface area contributed by atoms with Gasteiger partial charge in [0.25, 0.3) is 0 Å². The minimum absolute atomic E-state index is 0.00449. The van der Waals surface area contributed by atoms with Gasteiger partial charge in [0.1, 0.15) is 12.7 Å². The fourth-order valence-electron chi connectivity index (χ4n) is 2.21. The highest BCUT2D eigenvalue weighted by Gasteiger charge is 2.29. The number of halogens is 1. The van der Waals surface area contributed by atoms with Gasteiger partial charge in [-0.1, -0.05) is 12.1 Å². The van der Waals surface area contributed by atoms with E-state index in [-0.39, 0.29) is 18.9 Å². The molecule has 3 N–H and O–H groups in total. The molecule has 1 atom stereocenters. The Morgan fingerprint density at radius 3 is 2.76 bits per heavy atom. The van der Waals surface area contributed by atoms with Crippen LogP contribution < -0.4 is 10.1 Å². The fourth-order valence-corrected chi connectivity index (χ4v) is 2.21. The molecule has 1 aromatic carbocycles. The SMILES string of the molecule is OC(CNCC1(O)CCOCC1)COc1ccccc1F. The molecule has 1 aromatic rings. The van der Waals surface area contributed by atoms with Crippen molar-refractivity contribution in [2.45, 2.75) is 24.5 Å². The summed E-state index contributed by atoms with van der Waals surface area (Å²) >= 11 is 0. The Hall–Kier alpha value is -1.21. The van der Waals surface area contributed by atoms with Crippen LogP contribution in [0.1, 0.15) is 12.8 Å². The molecule has 0 amide bonds. The Kier molecular flexibility index (Phi) is 5.93. The van der Waals surface area contributed by atoms with Crippen LogP contribution in [0.4, 0.5) is 4.39 Å². The molecule has 6 heteroatoms. The molecule has 1 fully saturated rings. The van der Waals surface area contributed by atoms with Crippen molar-refractivity contribution in [3.63, 3.8) is 0 Å². The zero-order valence-electron chi connectivity index (χ0n) is 11.9. The van der Waals surface area contributed by atoms with Crippen LogP contribution in [0, 0.1) is 5.82 Å². The first-order valence-electron chi connectivity index (χ1n) is 7.15. The highest BCUT2D eigenvalue weighted by molar-refractivity contribution is 5.23. The first kappa shape index (κ1) is 16.2. The Bertz CT molecular complexity index is 437. The third-order valence-corrected chi connectivity index (χ3v) is 3.53. The van der Waals surface area contributed by atoms with Crippen LogP contribution in [-0.4, -0.2) is 54.8 Å². The lowest BCUT2D eigenvalue weighted by molar-refractivity contribution is -0.0626. The van der Waals surface area contributed by atoms with Crippen LogP contribution in [-0.2, 0) is 4.74 Å². The Balaban J connectivity index is 1.65. The van der Waals surface area contributed by atoms with Crippen LogP contribution in [0.15, 0.2) is 24.3 Å². The molecule has 1 heterocycles. The van der Waals surface area contributed by atoms with E-state index in [0.29, 0.717) is 32.6 Å². The van der Waals surface area contributed by atoms with Gasteiger partial charge in [-0.05, 0) is 12.1 Å². The van der Waals surface area contributed by atoms with Crippen molar-refractivity contribution in [3.8, 4) is 5.75 Å².